The third-order valence-corrected chi connectivity index (χ3v) is 27.8. The number of carbonyl (C=O) groups excluding carboxylic acids is 4. The highest BCUT2D eigenvalue weighted by atomic mass is 19.1. The van der Waals surface area contributed by atoms with Crippen LogP contribution in [0, 0.1) is 35.1 Å². The van der Waals surface area contributed by atoms with Crippen molar-refractivity contribution in [3.63, 3.8) is 0 Å². The van der Waals surface area contributed by atoms with Crippen LogP contribution < -0.4 is 37.9 Å². The molecule has 12 aromatic carbocycles. The van der Waals surface area contributed by atoms with Crippen LogP contribution in [0.4, 0.5) is 17.6 Å². The summed E-state index contributed by atoms with van der Waals surface area (Å²) < 4.78 is 125. The van der Waals surface area contributed by atoms with Gasteiger partial charge >= 0.3 is 23.9 Å². The molecule has 0 aliphatic heterocycles. The second-order valence-corrected chi connectivity index (χ2v) is 41.4. The van der Waals surface area contributed by atoms with Crippen molar-refractivity contribution in [2.45, 2.75) is 263 Å². The molecule has 0 saturated heterocycles. The Morgan fingerprint density at radius 2 is 0.500 bits per heavy atom. The average Bonchev–Trinajstić information content (AvgIpc) is 1.57. The van der Waals surface area contributed by atoms with Gasteiger partial charge in [-0.05, 0) is 329 Å². The molecule has 0 bridgehead atoms. The first kappa shape index (κ1) is 116. The van der Waals surface area contributed by atoms with E-state index in [-0.39, 0.29) is 134 Å². The third kappa shape index (κ3) is 28.3. The van der Waals surface area contributed by atoms with Gasteiger partial charge in [0.05, 0.1) is 81.6 Å². The first-order valence-corrected chi connectivity index (χ1v) is 48.8. The fraction of sp³-hybridized carbons (Fsp3) is 0.397. The largest absolute Gasteiger partial charge is 0.497 e. The minimum atomic E-state index is -0.279. The predicted octanol–water partition coefficient (Wildman–Crippen LogP) is 30.9. The smallest absolute Gasteiger partial charge is 0.308 e. The lowest BCUT2D eigenvalue weighted by atomic mass is 9.81. The molecule has 16 nitrogen and oxygen atoms in total. The summed E-state index contributed by atoms with van der Waals surface area (Å²) in [6, 6.07) is 68.1. The lowest BCUT2D eigenvalue weighted by Gasteiger charge is -2.25. The van der Waals surface area contributed by atoms with Crippen LogP contribution in [0.1, 0.15) is 278 Å². The number of fused-ring (bicyclic) bond motifs is 4. The van der Waals surface area contributed by atoms with Gasteiger partial charge in [0.15, 0.2) is 0 Å². The highest BCUT2D eigenvalue weighted by Crippen LogP contribution is 2.48. The molecule has 12 aromatic rings. The number of esters is 4. The number of benzene rings is 12. The number of aryl methyl sites for hydroxylation is 4. The zero-order valence-electron chi connectivity index (χ0n) is 86.2. The number of methoxy groups -OCH3 is 8. The van der Waals surface area contributed by atoms with Crippen molar-refractivity contribution in [2.24, 2.45) is 11.8 Å². The van der Waals surface area contributed by atoms with Crippen molar-refractivity contribution >= 4 is 23.9 Å². The van der Waals surface area contributed by atoms with Crippen LogP contribution in [0.5, 0.6) is 46.0 Å². The molecule has 0 fully saturated rings. The minimum Gasteiger partial charge on any atom is -0.497 e. The van der Waals surface area contributed by atoms with Gasteiger partial charge in [0, 0.05) is 22.3 Å². The topological polar surface area (TPSA) is 179 Å². The zero-order chi connectivity index (χ0) is 102. The van der Waals surface area contributed by atoms with Crippen molar-refractivity contribution in [3.8, 4) is 90.5 Å². The van der Waals surface area contributed by atoms with Crippen LogP contribution >= 0.6 is 0 Å². The number of halogens is 4. The average molecular weight is 2000 g/mol. The van der Waals surface area contributed by atoms with Crippen molar-refractivity contribution < 1.29 is 93.6 Å². The summed E-state index contributed by atoms with van der Waals surface area (Å²) in [7, 11) is 12.1. The lowest BCUT2D eigenvalue weighted by molar-refractivity contribution is -0.146. The SMILES string of the molecule is C.C.C.C.COC(=O)C(C)[C@@H]1CCc2ccc(OCc3ccc(-c4cc(OC)ccc4F)c(C(C)(C)C)c3)cc21.COC(=O)C(C)[C@H]1CCc2ccc(OCc3ccc(-c4cc(OC)ccc4F)c(C(C)(C)C)c3)cc21.COC(=O)C[C@@H]1CCc2ccc(OCc3ccc(-c4cc(OC)ccc4F)c(C(C)(C)C)c3)cc21.COC(=O)C[C@H]1CCc2ccc(OCc3ccc(-c4cc(OC)ccc4F)c(C(C)(C)C)c3)cc21. The molecule has 20 heteroatoms. The van der Waals surface area contributed by atoms with E-state index < -0.39 is 0 Å². The van der Waals surface area contributed by atoms with E-state index in [1.54, 1.807) is 77.0 Å². The van der Waals surface area contributed by atoms with Gasteiger partial charge < -0.3 is 56.8 Å². The van der Waals surface area contributed by atoms with E-state index in [9.17, 15) is 36.7 Å². The Labute approximate surface area is 864 Å². The molecule has 0 saturated carbocycles. The first-order chi connectivity index (χ1) is 67.6. The van der Waals surface area contributed by atoms with Crippen LogP contribution in [-0.4, -0.2) is 80.8 Å². The fourth-order valence-electron chi connectivity index (χ4n) is 19.8. The fourth-order valence-corrected chi connectivity index (χ4v) is 19.8. The van der Waals surface area contributed by atoms with Gasteiger partial charge in [0.1, 0.15) is 95.7 Å². The molecule has 780 valence electrons. The quantitative estimate of drug-likeness (QED) is 0.0257. The molecule has 0 spiro atoms. The second kappa shape index (κ2) is 50.6. The maximum atomic E-state index is 14.8. The Hall–Kier alpha value is -13.4. The molecular formula is C126H152F4O16. The number of ether oxygens (including phenoxy) is 12. The Morgan fingerprint density at radius 1 is 0.274 bits per heavy atom. The summed E-state index contributed by atoms with van der Waals surface area (Å²) >= 11 is 0. The van der Waals surface area contributed by atoms with E-state index >= 15 is 0 Å². The lowest BCUT2D eigenvalue weighted by Crippen LogP contribution is -2.19. The van der Waals surface area contributed by atoms with Gasteiger partial charge in [-0.3, -0.25) is 19.2 Å². The van der Waals surface area contributed by atoms with Gasteiger partial charge in [-0.1, -0.05) is 224 Å². The van der Waals surface area contributed by atoms with E-state index in [4.69, 9.17) is 56.8 Å². The third-order valence-electron chi connectivity index (χ3n) is 27.8. The zero-order valence-corrected chi connectivity index (χ0v) is 86.2. The summed E-state index contributed by atoms with van der Waals surface area (Å²) in [5.41, 5.74) is 22.6. The summed E-state index contributed by atoms with van der Waals surface area (Å²) in [6.07, 6.45) is 8.41. The molecule has 2 unspecified atom stereocenters. The number of carbonyl (C=O) groups is 4. The van der Waals surface area contributed by atoms with Crippen molar-refractivity contribution in [3.05, 3.63) is 331 Å². The van der Waals surface area contributed by atoms with Gasteiger partial charge in [0.2, 0.25) is 0 Å². The Kier molecular flexibility index (Phi) is 40.3. The van der Waals surface area contributed by atoms with E-state index in [0.29, 0.717) is 84.5 Å². The number of hydrogen-bond acceptors (Lipinski definition) is 16. The summed E-state index contributed by atoms with van der Waals surface area (Å²) in [5.74, 6) is 4.00. The highest BCUT2D eigenvalue weighted by Gasteiger charge is 2.37. The Morgan fingerprint density at radius 3 is 0.726 bits per heavy atom. The molecule has 16 rings (SSSR count). The normalized spacial score (nSPS) is 15.0. The molecule has 146 heavy (non-hydrogen) atoms. The first-order valence-electron chi connectivity index (χ1n) is 48.8. The maximum Gasteiger partial charge on any atom is 0.308 e. The van der Waals surface area contributed by atoms with Gasteiger partial charge in [-0.15, -0.1) is 0 Å². The molecule has 4 aliphatic rings. The van der Waals surface area contributed by atoms with Crippen molar-refractivity contribution in [2.75, 3.05) is 56.9 Å². The van der Waals surface area contributed by atoms with E-state index in [2.05, 4.69) is 156 Å². The summed E-state index contributed by atoms with van der Waals surface area (Å²) in [4.78, 5) is 47.8. The molecule has 0 amide bonds. The van der Waals surface area contributed by atoms with E-state index in [1.807, 2.05) is 86.6 Å². The van der Waals surface area contributed by atoms with E-state index in [1.165, 1.54) is 97.2 Å². The van der Waals surface area contributed by atoms with Crippen LogP contribution in [0.15, 0.2) is 218 Å². The van der Waals surface area contributed by atoms with Gasteiger partial charge in [0.25, 0.3) is 0 Å². The Bertz CT molecular complexity index is 6130. The van der Waals surface area contributed by atoms with Crippen LogP contribution in [0.2, 0.25) is 0 Å². The standard InChI is InChI=1S/2C31H35FO4.2C30H33FO4.4CH4/c2*1-19(30(33)35-6)24-13-9-21-8-10-23(17-26(21)24)36-18-20-7-12-25(28(15-20)31(2,3)4)27-16-22(34-5)11-14-29(27)32;2*1-30(2,3)27-14-19(6-12-24(27)26-16-22(33-4)11-13-28(26)31)18-35-23-10-9-20-7-8-21(25(20)17-23)15-29(32)34-5;;;;/h2*7-8,10-12,14-17,19,24H,9,13,18H2,1-6H3;2*6,9-14,16-17,21H,7-8,15,18H2,1-5H3;4*1H4/t2*19?,24-;2*21-;;;;/m1010..../s1. The summed E-state index contributed by atoms with van der Waals surface area (Å²) in [6.45, 7) is 30.9. The van der Waals surface area contributed by atoms with Crippen LogP contribution in [-0.2, 0) is 112 Å². The molecule has 0 aromatic heterocycles. The van der Waals surface area contributed by atoms with Gasteiger partial charge in [-0.2, -0.15) is 0 Å². The Balaban J connectivity index is 0.000000215. The van der Waals surface area contributed by atoms with Crippen LogP contribution in [0.3, 0.4) is 0 Å². The van der Waals surface area contributed by atoms with Crippen molar-refractivity contribution in [1.82, 2.24) is 0 Å². The molecule has 0 radical (unpaired) electrons. The molecule has 0 N–H and O–H groups in total. The minimum absolute atomic E-state index is 0. The highest BCUT2D eigenvalue weighted by molar-refractivity contribution is 5.78. The number of rotatable bonds is 28. The summed E-state index contributed by atoms with van der Waals surface area (Å²) in [5, 5.41) is 0. The molecular weight excluding hydrogens is 1850 g/mol. The van der Waals surface area contributed by atoms with E-state index in [0.717, 1.165) is 141 Å². The van der Waals surface area contributed by atoms with Crippen LogP contribution in [0.25, 0.3) is 44.5 Å². The van der Waals surface area contributed by atoms with Gasteiger partial charge in [-0.25, -0.2) is 17.6 Å². The maximum absolute atomic E-state index is 14.8. The second-order valence-electron chi connectivity index (χ2n) is 41.4. The monoisotopic (exact) mass is 2000 g/mol. The number of hydrogen-bond donors (Lipinski definition) is 0. The molecule has 4 aliphatic carbocycles. The molecule has 0 heterocycles. The predicted molar refractivity (Wildman–Crippen MR) is 578 cm³/mol. The van der Waals surface area contributed by atoms with Crippen molar-refractivity contribution in [1.29, 1.82) is 0 Å². The molecule has 6 atom stereocenters.